The highest BCUT2D eigenvalue weighted by molar-refractivity contribution is 9.10. The first-order chi connectivity index (χ1) is 18.6. The second-order valence-electron chi connectivity index (χ2n) is 10.3. The molecule has 39 heavy (non-hydrogen) atoms. The van der Waals surface area contributed by atoms with Crippen LogP contribution in [0.4, 0.5) is 5.69 Å². The third kappa shape index (κ3) is 5.42. The third-order valence-electron chi connectivity index (χ3n) is 7.53. The fourth-order valence-electron chi connectivity index (χ4n) is 5.16. The number of benzene rings is 2. The standard InChI is InChI=1S/C30H32BrN5O3/c1-17-26(32-19(3)27(17)30(39)36-12-10-35(4)11-13-36)16-24-23-15-21(8-9-25(23)34-29(24)38)28(37)33-18(2)20-6-5-7-22(31)14-20/h5-9,14-16,18,32H,10-13H2,1-4H3,(H,33,37)(H,34,38)/b24-16-/t18-/m1/s1. The Kier molecular flexibility index (Phi) is 7.46. The lowest BCUT2D eigenvalue weighted by atomic mass is 10.0. The summed E-state index contributed by atoms with van der Waals surface area (Å²) in [6.45, 7) is 8.80. The van der Waals surface area contributed by atoms with Crippen LogP contribution in [-0.2, 0) is 4.79 Å². The lowest BCUT2D eigenvalue weighted by molar-refractivity contribution is -0.110. The summed E-state index contributed by atoms with van der Waals surface area (Å²) < 4.78 is 0.946. The Morgan fingerprint density at radius 1 is 1.08 bits per heavy atom. The Balaban J connectivity index is 1.41. The molecule has 1 fully saturated rings. The molecular formula is C30H32BrN5O3. The molecule has 0 saturated carbocycles. The van der Waals surface area contributed by atoms with Crippen molar-refractivity contribution in [1.29, 1.82) is 0 Å². The van der Waals surface area contributed by atoms with Crippen LogP contribution in [0.15, 0.2) is 46.9 Å². The fourth-order valence-corrected chi connectivity index (χ4v) is 5.58. The van der Waals surface area contributed by atoms with Crippen molar-refractivity contribution in [2.75, 3.05) is 38.5 Å². The van der Waals surface area contributed by atoms with Gasteiger partial charge in [-0.3, -0.25) is 14.4 Å². The minimum absolute atomic E-state index is 0.00814. The number of piperazine rings is 1. The van der Waals surface area contributed by atoms with Crippen LogP contribution < -0.4 is 10.6 Å². The van der Waals surface area contributed by atoms with Gasteiger partial charge in [-0.25, -0.2) is 0 Å². The number of hydrogen-bond donors (Lipinski definition) is 3. The summed E-state index contributed by atoms with van der Waals surface area (Å²) in [5, 5.41) is 5.93. The maximum Gasteiger partial charge on any atom is 0.256 e. The molecule has 0 bridgehead atoms. The zero-order chi connectivity index (χ0) is 27.8. The van der Waals surface area contributed by atoms with Crippen LogP contribution >= 0.6 is 15.9 Å². The van der Waals surface area contributed by atoms with Crippen molar-refractivity contribution in [3.63, 3.8) is 0 Å². The second-order valence-corrected chi connectivity index (χ2v) is 11.2. The number of halogens is 1. The summed E-state index contributed by atoms with van der Waals surface area (Å²) in [5.74, 6) is -0.464. The molecular weight excluding hydrogens is 558 g/mol. The van der Waals surface area contributed by atoms with Gasteiger partial charge in [-0.2, -0.15) is 0 Å². The van der Waals surface area contributed by atoms with Crippen molar-refractivity contribution in [3.05, 3.63) is 86.1 Å². The number of H-pyrrole nitrogens is 1. The molecule has 2 aliphatic heterocycles. The van der Waals surface area contributed by atoms with Crippen LogP contribution in [0.2, 0.25) is 0 Å². The lowest BCUT2D eigenvalue weighted by Crippen LogP contribution is -2.47. The van der Waals surface area contributed by atoms with E-state index in [0.29, 0.717) is 46.7 Å². The minimum Gasteiger partial charge on any atom is -0.358 e. The Labute approximate surface area is 236 Å². The summed E-state index contributed by atoms with van der Waals surface area (Å²) in [6, 6.07) is 12.8. The lowest BCUT2D eigenvalue weighted by Gasteiger charge is -2.32. The van der Waals surface area contributed by atoms with Gasteiger partial charge < -0.3 is 25.4 Å². The van der Waals surface area contributed by atoms with E-state index in [-0.39, 0.29) is 23.8 Å². The summed E-state index contributed by atoms with van der Waals surface area (Å²) in [5.41, 5.74) is 6.14. The van der Waals surface area contributed by atoms with Gasteiger partial charge in [0.25, 0.3) is 17.7 Å². The molecule has 3 aromatic rings. The molecule has 1 saturated heterocycles. The highest BCUT2D eigenvalue weighted by Crippen LogP contribution is 2.35. The number of nitrogens with zero attached hydrogens (tertiary/aromatic N) is 2. The van der Waals surface area contributed by atoms with E-state index in [2.05, 4.69) is 43.5 Å². The molecule has 3 amide bonds. The van der Waals surface area contributed by atoms with Crippen LogP contribution in [0.3, 0.4) is 0 Å². The molecule has 8 nitrogen and oxygen atoms in total. The fraction of sp³-hybridized carbons (Fsp3) is 0.300. The highest BCUT2D eigenvalue weighted by atomic mass is 79.9. The Bertz CT molecular complexity index is 1500. The quantitative estimate of drug-likeness (QED) is 0.374. The molecule has 5 rings (SSSR count). The molecule has 0 radical (unpaired) electrons. The maximum absolute atomic E-state index is 13.3. The first-order valence-corrected chi connectivity index (χ1v) is 13.8. The van der Waals surface area contributed by atoms with Crippen molar-refractivity contribution in [1.82, 2.24) is 20.1 Å². The smallest absolute Gasteiger partial charge is 0.256 e. The first-order valence-electron chi connectivity index (χ1n) is 13.0. The SMILES string of the molecule is Cc1[nH]c(/C=C2\C(=O)Nc3ccc(C(=O)N[C@H](C)c4cccc(Br)c4)cc32)c(C)c1C(=O)N1CCN(C)CC1. The van der Waals surface area contributed by atoms with Gasteiger partial charge in [0, 0.05) is 58.9 Å². The van der Waals surface area contributed by atoms with E-state index >= 15 is 0 Å². The van der Waals surface area contributed by atoms with Gasteiger partial charge >= 0.3 is 0 Å². The average Bonchev–Trinajstić information content (AvgIpc) is 3.37. The molecule has 1 aromatic heterocycles. The number of aryl methyl sites for hydroxylation is 1. The minimum atomic E-state index is -0.247. The van der Waals surface area contributed by atoms with Crippen molar-refractivity contribution >= 4 is 51.0 Å². The molecule has 0 spiro atoms. The first kappa shape index (κ1) is 26.9. The number of aromatic amines is 1. The predicted molar refractivity (Wildman–Crippen MR) is 157 cm³/mol. The summed E-state index contributed by atoms with van der Waals surface area (Å²) in [6.07, 6.45) is 1.77. The van der Waals surface area contributed by atoms with E-state index in [9.17, 15) is 14.4 Å². The van der Waals surface area contributed by atoms with Gasteiger partial charge in [0.05, 0.1) is 17.2 Å². The number of carbonyl (C=O) groups is 3. The number of aromatic nitrogens is 1. The van der Waals surface area contributed by atoms with Crippen LogP contribution in [0.5, 0.6) is 0 Å². The number of fused-ring (bicyclic) bond motifs is 1. The summed E-state index contributed by atoms with van der Waals surface area (Å²) >= 11 is 3.47. The third-order valence-corrected chi connectivity index (χ3v) is 8.02. The van der Waals surface area contributed by atoms with Gasteiger partial charge in [-0.15, -0.1) is 0 Å². The zero-order valence-electron chi connectivity index (χ0n) is 22.5. The number of nitrogens with one attached hydrogen (secondary N) is 3. The van der Waals surface area contributed by atoms with E-state index in [1.54, 1.807) is 24.3 Å². The molecule has 3 heterocycles. The second kappa shape index (κ2) is 10.8. The maximum atomic E-state index is 13.3. The number of hydrogen-bond acceptors (Lipinski definition) is 4. The molecule has 0 unspecified atom stereocenters. The van der Waals surface area contributed by atoms with Gasteiger partial charge in [-0.1, -0.05) is 28.1 Å². The van der Waals surface area contributed by atoms with Crippen LogP contribution in [0.1, 0.15) is 61.8 Å². The largest absolute Gasteiger partial charge is 0.358 e. The number of amides is 3. The average molecular weight is 591 g/mol. The van der Waals surface area contributed by atoms with Gasteiger partial charge in [0.15, 0.2) is 0 Å². The van der Waals surface area contributed by atoms with Gasteiger partial charge in [-0.05, 0) is 75.4 Å². The van der Waals surface area contributed by atoms with Crippen LogP contribution in [0.25, 0.3) is 11.6 Å². The Morgan fingerprint density at radius 2 is 1.82 bits per heavy atom. The molecule has 3 N–H and O–H groups in total. The molecule has 2 aromatic carbocycles. The van der Waals surface area contributed by atoms with Crippen molar-refractivity contribution in [2.45, 2.75) is 26.8 Å². The predicted octanol–water partition coefficient (Wildman–Crippen LogP) is 4.77. The molecule has 202 valence electrons. The molecule has 9 heteroatoms. The number of rotatable bonds is 5. The van der Waals surface area contributed by atoms with Crippen LogP contribution in [0, 0.1) is 13.8 Å². The zero-order valence-corrected chi connectivity index (χ0v) is 24.1. The van der Waals surface area contributed by atoms with Gasteiger partial charge in [0.2, 0.25) is 0 Å². The Morgan fingerprint density at radius 3 is 2.54 bits per heavy atom. The number of likely N-dealkylation sites (N-methyl/N-ethyl adjacent to an activating group) is 1. The molecule has 0 aliphatic carbocycles. The summed E-state index contributed by atoms with van der Waals surface area (Å²) in [7, 11) is 2.06. The van der Waals surface area contributed by atoms with E-state index in [0.717, 1.165) is 34.4 Å². The van der Waals surface area contributed by atoms with E-state index in [1.807, 2.05) is 49.9 Å². The highest BCUT2D eigenvalue weighted by Gasteiger charge is 2.28. The van der Waals surface area contributed by atoms with E-state index in [4.69, 9.17) is 0 Å². The Hall–Kier alpha value is -3.69. The van der Waals surface area contributed by atoms with Crippen molar-refractivity contribution < 1.29 is 14.4 Å². The molecule has 2 aliphatic rings. The number of anilines is 1. The molecule has 1 atom stereocenters. The monoisotopic (exact) mass is 589 g/mol. The normalized spacial score (nSPS) is 17.2. The van der Waals surface area contributed by atoms with E-state index in [1.165, 1.54) is 0 Å². The van der Waals surface area contributed by atoms with Crippen LogP contribution in [-0.4, -0.2) is 65.7 Å². The van der Waals surface area contributed by atoms with Crippen molar-refractivity contribution in [3.8, 4) is 0 Å². The van der Waals surface area contributed by atoms with Gasteiger partial charge in [0.1, 0.15) is 0 Å². The summed E-state index contributed by atoms with van der Waals surface area (Å²) in [4.78, 5) is 46.8. The van der Waals surface area contributed by atoms with Crippen molar-refractivity contribution in [2.24, 2.45) is 0 Å². The topological polar surface area (TPSA) is 97.5 Å². The van der Waals surface area contributed by atoms with E-state index < -0.39 is 0 Å². The number of carbonyl (C=O) groups excluding carboxylic acids is 3.